The molecular weight excluding hydrogens is 276 g/mol. The van der Waals surface area contributed by atoms with Crippen molar-refractivity contribution in [2.45, 2.75) is 18.7 Å². The first kappa shape index (κ1) is 14.8. The molecule has 1 aliphatic rings. The maximum absolute atomic E-state index is 12.3. The lowest BCUT2D eigenvalue weighted by Crippen LogP contribution is -2.41. The van der Waals surface area contributed by atoms with Crippen molar-refractivity contribution in [3.8, 4) is 0 Å². The van der Waals surface area contributed by atoms with Crippen LogP contribution in [0.1, 0.15) is 11.1 Å². The third-order valence-corrected chi connectivity index (χ3v) is 4.53. The highest BCUT2D eigenvalue weighted by Crippen LogP contribution is 2.29. The first-order valence-electron chi connectivity index (χ1n) is 6.40. The van der Waals surface area contributed by atoms with E-state index in [1.807, 2.05) is 38.1 Å². The lowest BCUT2D eigenvalue weighted by atomic mass is 10.1. The molecule has 0 saturated heterocycles. The van der Waals surface area contributed by atoms with Crippen LogP contribution in [-0.4, -0.2) is 46.5 Å². The third kappa shape index (κ3) is 3.10. The second-order valence-corrected chi connectivity index (χ2v) is 6.84. The summed E-state index contributed by atoms with van der Waals surface area (Å²) >= 11 is 0. The number of hydrogen-bond donors (Lipinski definition) is 2. The molecule has 1 aromatic carbocycles. The summed E-state index contributed by atoms with van der Waals surface area (Å²) in [5.41, 5.74) is 2.33. The molecule has 2 rings (SSSR count). The quantitative estimate of drug-likeness (QED) is 0.870. The fraction of sp³-hybridized carbons (Fsp3) is 0.462. The lowest BCUT2D eigenvalue weighted by Gasteiger charge is -2.23. The standard InChI is InChI=1S/C13H20N4O2S/c1-9-7-10(2)12-11(8-9)15-13(16-20(12,18)19)14-5-6-17(3)4/h7-8H,5-6H2,1-4H3,(H2,14,15,16). The largest absolute Gasteiger partial charge is 0.324 e. The molecule has 110 valence electrons. The summed E-state index contributed by atoms with van der Waals surface area (Å²) in [6.45, 7) is 5.01. The minimum atomic E-state index is -3.55. The van der Waals surface area contributed by atoms with E-state index in [2.05, 4.69) is 15.0 Å². The second-order valence-electron chi connectivity index (χ2n) is 5.22. The summed E-state index contributed by atoms with van der Waals surface area (Å²) in [5.74, 6) is 0.282. The van der Waals surface area contributed by atoms with Crippen molar-refractivity contribution in [1.29, 1.82) is 0 Å². The van der Waals surface area contributed by atoms with Crippen LogP contribution in [0.15, 0.2) is 22.0 Å². The summed E-state index contributed by atoms with van der Waals surface area (Å²) in [5, 5.41) is 3.05. The van der Waals surface area contributed by atoms with Crippen molar-refractivity contribution in [3.63, 3.8) is 0 Å². The molecule has 0 amide bonds. The van der Waals surface area contributed by atoms with Crippen LogP contribution >= 0.6 is 0 Å². The number of aliphatic imine (C=N–C) groups is 1. The van der Waals surface area contributed by atoms with E-state index in [0.29, 0.717) is 17.1 Å². The lowest BCUT2D eigenvalue weighted by molar-refractivity contribution is 0.420. The van der Waals surface area contributed by atoms with Gasteiger partial charge in [0.25, 0.3) is 10.0 Å². The zero-order valence-corrected chi connectivity index (χ0v) is 13.0. The summed E-state index contributed by atoms with van der Waals surface area (Å²) in [7, 11) is 0.344. The molecule has 0 bridgehead atoms. The maximum atomic E-state index is 12.3. The van der Waals surface area contributed by atoms with E-state index in [4.69, 9.17) is 0 Å². The number of nitrogens with one attached hydrogen (secondary N) is 2. The normalized spacial score (nSPS) is 18.6. The third-order valence-electron chi connectivity index (χ3n) is 2.99. The Morgan fingerprint density at radius 1 is 1.25 bits per heavy atom. The highest BCUT2D eigenvalue weighted by Gasteiger charge is 2.28. The number of sulfonamides is 1. The van der Waals surface area contributed by atoms with E-state index < -0.39 is 10.0 Å². The molecule has 6 nitrogen and oxygen atoms in total. The fourth-order valence-corrected chi connectivity index (χ4v) is 3.52. The van der Waals surface area contributed by atoms with Gasteiger partial charge in [-0.05, 0) is 45.1 Å². The van der Waals surface area contributed by atoms with Crippen molar-refractivity contribution in [3.05, 3.63) is 23.3 Å². The Bertz CT molecular complexity index is 651. The highest BCUT2D eigenvalue weighted by atomic mass is 32.2. The van der Waals surface area contributed by atoms with Gasteiger partial charge in [0, 0.05) is 6.54 Å². The molecule has 0 saturated carbocycles. The summed E-state index contributed by atoms with van der Waals surface area (Å²) < 4.78 is 27.0. The maximum Gasteiger partial charge on any atom is 0.266 e. The first-order valence-corrected chi connectivity index (χ1v) is 7.88. The van der Waals surface area contributed by atoms with Crippen molar-refractivity contribution in [2.24, 2.45) is 4.99 Å². The van der Waals surface area contributed by atoms with Crippen molar-refractivity contribution in [2.75, 3.05) is 32.5 Å². The molecule has 7 heteroatoms. The topological polar surface area (TPSA) is 73.8 Å². The number of guanidine groups is 1. The number of nitrogens with zero attached hydrogens (tertiary/aromatic N) is 2. The van der Waals surface area contributed by atoms with E-state index in [-0.39, 0.29) is 5.96 Å². The number of anilines is 1. The van der Waals surface area contributed by atoms with Gasteiger partial charge in [-0.1, -0.05) is 6.07 Å². The Kier molecular flexibility index (Phi) is 4.01. The van der Waals surface area contributed by atoms with Gasteiger partial charge in [-0.15, -0.1) is 0 Å². The van der Waals surface area contributed by atoms with E-state index in [0.717, 1.165) is 17.7 Å². The first-order chi connectivity index (χ1) is 9.29. The Morgan fingerprint density at radius 2 is 1.95 bits per heavy atom. The molecule has 0 fully saturated rings. The minimum absolute atomic E-state index is 0.282. The second kappa shape index (κ2) is 5.41. The molecule has 1 aliphatic heterocycles. The van der Waals surface area contributed by atoms with Crippen LogP contribution in [0.4, 0.5) is 5.69 Å². The summed E-state index contributed by atoms with van der Waals surface area (Å²) in [6, 6.07) is 3.68. The Labute approximate surface area is 119 Å². The SMILES string of the molecule is Cc1cc(C)c2c(c1)NC(=NCCN(C)C)NS2(=O)=O. The van der Waals surface area contributed by atoms with Crippen molar-refractivity contribution >= 4 is 21.7 Å². The molecule has 20 heavy (non-hydrogen) atoms. The Balaban J connectivity index is 2.35. The average molecular weight is 296 g/mol. The molecule has 0 atom stereocenters. The van der Waals surface area contributed by atoms with Crippen LogP contribution in [0, 0.1) is 13.8 Å². The Morgan fingerprint density at radius 3 is 2.60 bits per heavy atom. The van der Waals surface area contributed by atoms with Gasteiger partial charge in [0.15, 0.2) is 0 Å². The molecule has 0 unspecified atom stereocenters. The van der Waals surface area contributed by atoms with E-state index in [1.54, 1.807) is 6.92 Å². The van der Waals surface area contributed by atoms with Crippen LogP contribution < -0.4 is 10.0 Å². The molecule has 0 aromatic heterocycles. The van der Waals surface area contributed by atoms with Gasteiger partial charge >= 0.3 is 0 Å². The van der Waals surface area contributed by atoms with Gasteiger partial charge in [-0.2, -0.15) is 0 Å². The Hall–Kier alpha value is -1.60. The number of likely N-dealkylation sites (N-methyl/N-ethyl adjacent to an activating group) is 1. The van der Waals surface area contributed by atoms with Crippen LogP contribution in [-0.2, 0) is 10.0 Å². The van der Waals surface area contributed by atoms with Crippen LogP contribution in [0.5, 0.6) is 0 Å². The van der Waals surface area contributed by atoms with E-state index in [9.17, 15) is 8.42 Å². The van der Waals surface area contributed by atoms with Gasteiger partial charge in [0.1, 0.15) is 4.90 Å². The average Bonchev–Trinajstić information content (AvgIpc) is 2.24. The number of rotatable bonds is 3. The molecule has 0 radical (unpaired) electrons. The zero-order valence-electron chi connectivity index (χ0n) is 12.2. The number of aryl methyl sites for hydroxylation is 2. The van der Waals surface area contributed by atoms with Gasteiger partial charge in [-0.3, -0.25) is 4.99 Å². The van der Waals surface area contributed by atoms with Gasteiger partial charge < -0.3 is 10.2 Å². The van der Waals surface area contributed by atoms with Gasteiger partial charge in [-0.25, -0.2) is 13.1 Å². The molecule has 1 heterocycles. The van der Waals surface area contributed by atoms with Gasteiger partial charge in [0.2, 0.25) is 5.96 Å². The fourth-order valence-electron chi connectivity index (χ4n) is 2.17. The number of hydrogen-bond acceptors (Lipinski definition) is 4. The number of fused-ring (bicyclic) bond motifs is 1. The van der Waals surface area contributed by atoms with E-state index >= 15 is 0 Å². The highest BCUT2D eigenvalue weighted by molar-refractivity contribution is 7.90. The summed E-state index contributed by atoms with van der Waals surface area (Å²) in [4.78, 5) is 6.54. The van der Waals surface area contributed by atoms with Crippen molar-refractivity contribution in [1.82, 2.24) is 9.62 Å². The molecule has 2 N–H and O–H groups in total. The monoisotopic (exact) mass is 296 g/mol. The molecular formula is C13H20N4O2S. The summed E-state index contributed by atoms with van der Waals surface area (Å²) in [6.07, 6.45) is 0. The predicted octanol–water partition coefficient (Wildman–Crippen LogP) is 0.925. The van der Waals surface area contributed by atoms with Gasteiger partial charge in [0.05, 0.1) is 12.2 Å². The molecule has 0 aliphatic carbocycles. The predicted molar refractivity (Wildman–Crippen MR) is 80.7 cm³/mol. The minimum Gasteiger partial charge on any atom is -0.324 e. The molecule has 0 spiro atoms. The zero-order chi connectivity index (χ0) is 14.9. The van der Waals surface area contributed by atoms with Crippen LogP contribution in [0.25, 0.3) is 0 Å². The van der Waals surface area contributed by atoms with Crippen LogP contribution in [0.2, 0.25) is 0 Å². The number of benzene rings is 1. The van der Waals surface area contributed by atoms with Crippen LogP contribution in [0.3, 0.4) is 0 Å². The van der Waals surface area contributed by atoms with Crippen molar-refractivity contribution < 1.29 is 8.42 Å². The smallest absolute Gasteiger partial charge is 0.266 e. The molecule has 1 aromatic rings. The van der Waals surface area contributed by atoms with E-state index in [1.165, 1.54) is 0 Å².